The third kappa shape index (κ3) is 3.48. The quantitative estimate of drug-likeness (QED) is 0.859. The third-order valence-electron chi connectivity index (χ3n) is 4.66. The largest absolute Gasteiger partial charge is 0.324 e. The minimum Gasteiger partial charge on any atom is -0.324 e. The zero-order valence-electron chi connectivity index (χ0n) is 14.2. The van der Waals surface area contributed by atoms with E-state index in [2.05, 4.69) is 21.2 Å². The average molecular weight is 339 g/mol. The Balaban J connectivity index is 1.89. The predicted molar refractivity (Wildman–Crippen MR) is 93.5 cm³/mol. The minimum absolute atomic E-state index is 0.0991. The van der Waals surface area contributed by atoms with Gasteiger partial charge in [0, 0.05) is 12.1 Å². The van der Waals surface area contributed by atoms with Crippen LogP contribution in [0.15, 0.2) is 23.1 Å². The van der Waals surface area contributed by atoms with E-state index in [1.807, 2.05) is 6.92 Å². The molecule has 0 aliphatic heterocycles. The molecular formula is C18H21N5O2. The average Bonchev–Trinajstić information content (AvgIpc) is 3.02. The molecule has 0 radical (unpaired) electrons. The highest BCUT2D eigenvalue weighted by molar-refractivity contribution is 5.95. The molecule has 0 atom stereocenters. The summed E-state index contributed by atoms with van der Waals surface area (Å²) in [6.07, 6.45) is 12.5. The summed E-state index contributed by atoms with van der Waals surface area (Å²) >= 11 is 0. The summed E-state index contributed by atoms with van der Waals surface area (Å²) in [5.74, 6) is 2.96. The van der Waals surface area contributed by atoms with Crippen LogP contribution in [0, 0.1) is 19.3 Å². The molecule has 7 heteroatoms. The molecule has 0 bridgehead atoms. The van der Waals surface area contributed by atoms with E-state index in [0.29, 0.717) is 23.6 Å². The molecule has 1 fully saturated rings. The van der Waals surface area contributed by atoms with Gasteiger partial charge < -0.3 is 4.90 Å². The summed E-state index contributed by atoms with van der Waals surface area (Å²) in [6.45, 7) is 2.10. The van der Waals surface area contributed by atoms with E-state index in [9.17, 15) is 9.59 Å². The van der Waals surface area contributed by atoms with Gasteiger partial charge in [0.05, 0.1) is 24.0 Å². The molecule has 1 N–H and O–H groups in total. The minimum atomic E-state index is -0.289. The molecule has 0 spiro atoms. The normalized spacial score (nSPS) is 14.9. The van der Waals surface area contributed by atoms with Crippen LogP contribution in [0.4, 0.5) is 0 Å². The summed E-state index contributed by atoms with van der Waals surface area (Å²) < 4.78 is 1.54. The van der Waals surface area contributed by atoms with Gasteiger partial charge in [0.25, 0.3) is 11.5 Å². The van der Waals surface area contributed by atoms with Gasteiger partial charge in [0.15, 0.2) is 5.82 Å². The molecule has 1 aliphatic carbocycles. The molecule has 0 aromatic carbocycles. The Morgan fingerprint density at radius 3 is 2.80 bits per heavy atom. The SMILES string of the molecule is C#CCN(C(=O)c1cnn(-c2ccc(=O)[nH]n2)c1C)C1CCCCC1. The molecule has 130 valence electrons. The van der Waals surface area contributed by atoms with Crippen LogP contribution < -0.4 is 5.56 Å². The van der Waals surface area contributed by atoms with Crippen LogP contribution in [-0.2, 0) is 0 Å². The lowest BCUT2D eigenvalue weighted by molar-refractivity contribution is 0.0666. The van der Waals surface area contributed by atoms with Crippen molar-refractivity contribution >= 4 is 5.91 Å². The molecular weight excluding hydrogens is 318 g/mol. The number of aromatic nitrogens is 4. The molecule has 0 unspecified atom stereocenters. The highest BCUT2D eigenvalue weighted by Gasteiger charge is 2.28. The van der Waals surface area contributed by atoms with Crippen LogP contribution in [0.2, 0.25) is 0 Å². The molecule has 7 nitrogen and oxygen atoms in total. The van der Waals surface area contributed by atoms with E-state index in [-0.39, 0.29) is 17.5 Å². The summed E-state index contributed by atoms with van der Waals surface area (Å²) in [5, 5.41) is 10.6. The van der Waals surface area contributed by atoms with E-state index in [0.717, 1.165) is 25.7 Å². The number of rotatable bonds is 4. The number of amides is 1. The predicted octanol–water partition coefficient (Wildman–Crippen LogP) is 1.67. The van der Waals surface area contributed by atoms with Gasteiger partial charge in [-0.1, -0.05) is 25.2 Å². The topological polar surface area (TPSA) is 83.9 Å². The molecule has 2 heterocycles. The standard InChI is InChI=1S/C18H21N5O2/c1-3-11-22(14-7-5-4-6-8-14)18(25)15-12-19-23(13(15)2)16-9-10-17(24)21-20-16/h1,9-10,12,14H,4-8,11H2,2H3,(H,21,24). The van der Waals surface area contributed by atoms with E-state index in [4.69, 9.17) is 6.42 Å². The first kappa shape index (κ1) is 17.0. The van der Waals surface area contributed by atoms with Crippen molar-refractivity contribution in [3.63, 3.8) is 0 Å². The van der Waals surface area contributed by atoms with Crippen LogP contribution in [0.25, 0.3) is 5.82 Å². The maximum Gasteiger partial charge on any atom is 0.264 e. The Kier molecular flexibility index (Phi) is 4.98. The van der Waals surface area contributed by atoms with Gasteiger partial charge in [0.1, 0.15) is 0 Å². The van der Waals surface area contributed by atoms with E-state index in [1.54, 1.807) is 11.0 Å². The van der Waals surface area contributed by atoms with Crippen LogP contribution in [0.3, 0.4) is 0 Å². The summed E-state index contributed by atoms with van der Waals surface area (Å²) in [5.41, 5.74) is 0.888. The highest BCUT2D eigenvalue weighted by atomic mass is 16.2. The molecule has 25 heavy (non-hydrogen) atoms. The van der Waals surface area contributed by atoms with Gasteiger partial charge in [-0.15, -0.1) is 6.42 Å². The van der Waals surface area contributed by atoms with Crippen molar-refractivity contribution in [2.24, 2.45) is 0 Å². The highest BCUT2D eigenvalue weighted by Crippen LogP contribution is 2.24. The Bertz CT molecular complexity index is 835. The summed E-state index contributed by atoms with van der Waals surface area (Å²) in [4.78, 5) is 26.0. The summed E-state index contributed by atoms with van der Waals surface area (Å²) in [6, 6.07) is 3.12. The van der Waals surface area contributed by atoms with E-state index < -0.39 is 0 Å². The molecule has 1 aliphatic rings. The molecule has 1 amide bonds. The Morgan fingerprint density at radius 2 is 2.16 bits per heavy atom. The van der Waals surface area contributed by atoms with Crippen LogP contribution >= 0.6 is 0 Å². The summed E-state index contributed by atoms with van der Waals surface area (Å²) in [7, 11) is 0. The fourth-order valence-corrected chi connectivity index (χ4v) is 3.32. The molecule has 2 aromatic heterocycles. The van der Waals surface area contributed by atoms with Crippen molar-refractivity contribution in [3.05, 3.63) is 39.9 Å². The van der Waals surface area contributed by atoms with Gasteiger partial charge >= 0.3 is 0 Å². The molecule has 0 saturated heterocycles. The van der Waals surface area contributed by atoms with Gasteiger partial charge in [-0.05, 0) is 25.8 Å². The van der Waals surface area contributed by atoms with Crippen molar-refractivity contribution in [2.45, 2.75) is 45.1 Å². The number of H-pyrrole nitrogens is 1. The van der Waals surface area contributed by atoms with Crippen molar-refractivity contribution in [3.8, 4) is 18.2 Å². The number of carbonyl (C=O) groups is 1. The first-order valence-electron chi connectivity index (χ1n) is 8.47. The molecule has 1 saturated carbocycles. The first-order valence-corrected chi connectivity index (χ1v) is 8.47. The first-order chi connectivity index (χ1) is 12.1. The van der Waals surface area contributed by atoms with Gasteiger partial charge in [0.2, 0.25) is 0 Å². The number of carbonyl (C=O) groups excluding carboxylic acids is 1. The fraction of sp³-hybridized carbons (Fsp3) is 0.444. The lowest BCUT2D eigenvalue weighted by Crippen LogP contribution is -2.41. The zero-order valence-corrected chi connectivity index (χ0v) is 14.2. The van der Waals surface area contributed by atoms with Gasteiger partial charge in [-0.25, -0.2) is 9.78 Å². The van der Waals surface area contributed by atoms with Crippen molar-refractivity contribution < 1.29 is 4.79 Å². The zero-order chi connectivity index (χ0) is 17.8. The number of terminal acetylenes is 1. The van der Waals surface area contributed by atoms with E-state index in [1.165, 1.54) is 23.4 Å². The number of hydrogen-bond acceptors (Lipinski definition) is 4. The molecule has 2 aromatic rings. The number of aromatic amines is 1. The second-order valence-corrected chi connectivity index (χ2v) is 6.26. The number of nitrogens with one attached hydrogen (secondary N) is 1. The van der Waals surface area contributed by atoms with Crippen LogP contribution in [0.1, 0.15) is 48.2 Å². The smallest absolute Gasteiger partial charge is 0.264 e. The van der Waals surface area contributed by atoms with Crippen LogP contribution in [0.5, 0.6) is 0 Å². The van der Waals surface area contributed by atoms with Gasteiger partial charge in [-0.2, -0.15) is 10.2 Å². The fourth-order valence-electron chi connectivity index (χ4n) is 3.32. The van der Waals surface area contributed by atoms with Crippen LogP contribution in [-0.4, -0.2) is 43.4 Å². The maximum absolute atomic E-state index is 13.1. The number of nitrogens with zero attached hydrogens (tertiary/aromatic N) is 4. The Labute approximate surface area is 146 Å². The van der Waals surface area contributed by atoms with Crippen molar-refractivity contribution in [1.29, 1.82) is 0 Å². The second kappa shape index (κ2) is 7.34. The number of hydrogen-bond donors (Lipinski definition) is 1. The van der Waals surface area contributed by atoms with Crippen molar-refractivity contribution in [2.75, 3.05) is 6.54 Å². The maximum atomic E-state index is 13.1. The monoisotopic (exact) mass is 339 g/mol. The lowest BCUT2D eigenvalue weighted by atomic mass is 9.93. The van der Waals surface area contributed by atoms with Crippen molar-refractivity contribution in [1.82, 2.24) is 24.9 Å². The lowest BCUT2D eigenvalue weighted by Gasteiger charge is -2.33. The van der Waals surface area contributed by atoms with Gasteiger partial charge in [-0.3, -0.25) is 9.59 Å². The molecule has 3 rings (SSSR count). The second-order valence-electron chi connectivity index (χ2n) is 6.26. The third-order valence-corrected chi connectivity index (χ3v) is 4.66. The van der Waals surface area contributed by atoms with E-state index >= 15 is 0 Å². The Hall–Kier alpha value is -2.88. The Morgan fingerprint density at radius 1 is 1.40 bits per heavy atom.